The van der Waals surface area contributed by atoms with Crippen molar-refractivity contribution in [1.82, 2.24) is 0 Å². The summed E-state index contributed by atoms with van der Waals surface area (Å²) < 4.78 is 0. The minimum atomic E-state index is -0.458. The Bertz CT molecular complexity index is 222. The summed E-state index contributed by atoms with van der Waals surface area (Å²) >= 11 is 0. The molecule has 0 aromatic heterocycles. The molecule has 3 nitrogen and oxygen atoms in total. The molecule has 0 heterocycles. The maximum atomic E-state index is 12.1. The predicted octanol–water partition coefficient (Wildman–Crippen LogP) is 3.72. The maximum absolute atomic E-state index is 12.1. The molecule has 0 amide bonds. The van der Waals surface area contributed by atoms with Crippen LogP contribution < -0.4 is 0 Å². The Kier molecular flexibility index (Phi) is 5.47. The molecule has 0 spiro atoms. The van der Waals surface area contributed by atoms with E-state index in [0.29, 0.717) is 0 Å². The van der Waals surface area contributed by atoms with Crippen molar-refractivity contribution in [2.24, 2.45) is 11.3 Å². The van der Waals surface area contributed by atoms with Gasteiger partial charge in [-0.05, 0) is 39.5 Å². The van der Waals surface area contributed by atoms with Crippen molar-refractivity contribution >= 4 is 5.97 Å². The molecule has 96 valence electrons. The lowest BCUT2D eigenvalue weighted by Crippen LogP contribution is -2.38. The Labute approximate surface area is 99.4 Å². The van der Waals surface area contributed by atoms with Crippen LogP contribution in [0.4, 0.5) is 0 Å². The Morgan fingerprint density at radius 1 is 1.12 bits per heavy atom. The number of hydrogen-bond donors (Lipinski definition) is 0. The molecule has 0 aromatic rings. The maximum Gasteiger partial charge on any atom is 0.348 e. The molecule has 16 heavy (non-hydrogen) atoms. The summed E-state index contributed by atoms with van der Waals surface area (Å²) in [6.07, 6.45) is 1.54. The molecule has 0 fully saturated rings. The molecule has 0 atom stereocenters. The third kappa shape index (κ3) is 3.78. The molecule has 0 unspecified atom stereocenters. The van der Waals surface area contributed by atoms with E-state index in [0.717, 1.165) is 12.8 Å². The lowest BCUT2D eigenvalue weighted by molar-refractivity contribution is -0.328. The molecule has 0 radical (unpaired) electrons. The largest absolute Gasteiger partial charge is 0.348 e. The van der Waals surface area contributed by atoms with E-state index in [9.17, 15) is 4.79 Å². The van der Waals surface area contributed by atoms with Crippen LogP contribution in [-0.2, 0) is 14.6 Å². The lowest BCUT2D eigenvalue weighted by Gasteiger charge is -2.33. The van der Waals surface area contributed by atoms with Crippen molar-refractivity contribution in [3.05, 3.63) is 0 Å². The Morgan fingerprint density at radius 3 is 1.81 bits per heavy atom. The number of rotatable bonds is 5. The molecule has 0 aliphatic rings. The summed E-state index contributed by atoms with van der Waals surface area (Å²) in [5, 5.41) is 0. The predicted molar refractivity (Wildman–Crippen MR) is 64.8 cm³/mol. The second kappa shape index (κ2) is 5.67. The molecule has 0 rings (SSSR count). The van der Waals surface area contributed by atoms with E-state index >= 15 is 0 Å². The van der Waals surface area contributed by atoms with Crippen molar-refractivity contribution in [3.63, 3.8) is 0 Å². The zero-order valence-corrected chi connectivity index (χ0v) is 11.7. The Hall–Kier alpha value is -0.570. The summed E-state index contributed by atoms with van der Waals surface area (Å²) in [5.41, 5.74) is -0.884. The molecule has 0 saturated carbocycles. The van der Waals surface area contributed by atoms with E-state index in [2.05, 4.69) is 0 Å². The zero-order valence-electron chi connectivity index (χ0n) is 11.7. The second-order valence-corrected chi connectivity index (χ2v) is 5.58. The summed E-state index contributed by atoms with van der Waals surface area (Å²) in [7, 11) is 0. The van der Waals surface area contributed by atoms with Crippen molar-refractivity contribution in [2.75, 3.05) is 0 Å². The third-order valence-electron chi connectivity index (χ3n) is 3.14. The van der Waals surface area contributed by atoms with Crippen molar-refractivity contribution in [2.45, 2.75) is 66.9 Å². The van der Waals surface area contributed by atoms with Gasteiger partial charge in [0.1, 0.15) is 5.60 Å². The SMILES string of the molecule is CCC(CC)(C(=O)OOC(C)(C)C)C(C)C. The molecule has 0 bridgehead atoms. The van der Waals surface area contributed by atoms with Gasteiger partial charge in [-0.2, -0.15) is 4.89 Å². The molecular weight excluding hydrogens is 204 g/mol. The Balaban J connectivity index is 4.64. The summed E-state index contributed by atoms with van der Waals surface area (Å²) in [6.45, 7) is 13.7. The summed E-state index contributed by atoms with van der Waals surface area (Å²) in [6, 6.07) is 0. The van der Waals surface area contributed by atoms with Gasteiger partial charge in [-0.3, -0.25) is 4.89 Å². The van der Waals surface area contributed by atoms with Crippen molar-refractivity contribution < 1.29 is 14.6 Å². The van der Waals surface area contributed by atoms with E-state index in [1.54, 1.807) is 0 Å². The van der Waals surface area contributed by atoms with E-state index in [-0.39, 0.29) is 11.9 Å². The lowest BCUT2D eigenvalue weighted by atomic mass is 9.73. The number of carbonyl (C=O) groups excluding carboxylic acids is 1. The van der Waals surface area contributed by atoms with Gasteiger partial charge in [0.15, 0.2) is 0 Å². The van der Waals surface area contributed by atoms with Gasteiger partial charge < -0.3 is 0 Å². The second-order valence-electron chi connectivity index (χ2n) is 5.58. The van der Waals surface area contributed by atoms with E-state index in [4.69, 9.17) is 9.78 Å². The van der Waals surface area contributed by atoms with Gasteiger partial charge in [0.05, 0.1) is 5.41 Å². The van der Waals surface area contributed by atoms with E-state index in [1.165, 1.54) is 0 Å². The van der Waals surface area contributed by atoms with Crippen LogP contribution in [0.3, 0.4) is 0 Å². The Morgan fingerprint density at radius 2 is 1.56 bits per heavy atom. The average Bonchev–Trinajstić information content (AvgIpc) is 2.16. The van der Waals surface area contributed by atoms with Gasteiger partial charge in [0.25, 0.3) is 0 Å². The van der Waals surface area contributed by atoms with Crippen LogP contribution >= 0.6 is 0 Å². The first kappa shape index (κ1) is 15.4. The van der Waals surface area contributed by atoms with Gasteiger partial charge in [0, 0.05) is 0 Å². The van der Waals surface area contributed by atoms with Gasteiger partial charge in [-0.1, -0.05) is 27.7 Å². The first-order chi connectivity index (χ1) is 7.19. The van der Waals surface area contributed by atoms with Crippen molar-refractivity contribution in [1.29, 1.82) is 0 Å². The summed E-state index contributed by atoms with van der Waals surface area (Å²) in [4.78, 5) is 22.1. The number of hydrogen-bond acceptors (Lipinski definition) is 3. The quantitative estimate of drug-likeness (QED) is 0.533. The van der Waals surface area contributed by atoms with Crippen LogP contribution in [0.15, 0.2) is 0 Å². The van der Waals surface area contributed by atoms with Crippen LogP contribution in [0.5, 0.6) is 0 Å². The normalized spacial score (nSPS) is 13.0. The fraction of sp³-hybridized carbons (Fsp3) is 0.923. The third-order valence-corrected chi connectivity index (χ3v) is 3.14. The summed E-state index contributed by atoms with van der Waals surface area (Å²) in [5.74, 6) is 0.000920. The van der Waals surface area contributed by atoms with Crippen molar-refractivity contribution in [3.8, 4) is 0 Å². The molecule has 0 aliphatic carbocycles. The van der Waals surface area contributed by atoms with E-state index in [1.807, 2.05) is 48.5 Å². The monoisotopic (exact) mass is 230 g/mol. The highest BCUT2D eigenvalue weighted by Gasteiger charge is 2.41. The molecule has 0 aromatic carbocycles. The fourth-order valence-corrected chi connectivity index (χ4v) is 1.84. The van der Waals surface area contributed by atoms with Gasteiger partial charge >= 0.3 is 5.97 Å². The zero-order chi connectivity index (χ0) is 13.0. The molecule has 0 saturated heterocycles. The van der Waals surface area contributed by atoms with Crippen LogP contribution in [0.25, 0.3) is 0 Å². The van der Waals surface area contributed by atoms with Crippen LogP contribution in [-0.4, -0.2) is 11.6 Å². The molecule has 3 heteroatoms. The van der Waals surface area contributed by atoms with Gasteiger partial charge in [-0.15, -0.1) is 0 Å². The van der Waals surface area contributed by atoms with Gasteiger partial charge in [0.2, 0.25) is 0 Å². The fourth-order valence-electron chi connectivity index (χ4n) is 1.84. The van der Waals surface area contributed by atoms with E-state index < -0.39 is 11.0 Å². The minimum absolute atomic E-state index is 0.248. The molecular formula is C13H26O3. The first-order valence-electron chi connectivity index (χ1n) is 6.09. The highest BCUT2D eigenvalue weighted by Crippen LogP contribution is 2.36. The first-order valence-corrected chi connectivity index (χ1v) is 6.09. The van der Waals surface area contributed by atoms with Crippen LogP contribution in [0.1, 0.15) is 61.3 Å². The average molecular weight is 230 g/mol. The van der Waals surface area contributed by atoms with Gasteiger partial charge in [-0.25, -0.2) is 4.79 Å². The minimum Gasteiger partial charge on any atom is -0.297 e. The van der Waals surface area contributed by atoms with Crippen LogP contribution in [0.2, 0.25) is 0 Å². The number of carbonyl (C=O) groups is 1. The van der Waals surface area contributed by atoms with Crippen LogP contribution in [0, 0.1) is 11.3 Å². The highest BCUT2D eigenvalue weighted by atomic mass is 17.2. The standard InChI is InChI=1S/C13H26O3/c1-8-13(9-2,10(3)4)11(14)15-16-12(5,6)7/h10H,8-9H2,1-7H3. The highest BCUT2D eigenvalue weighted by molar-refractivity contribution is 5.76. The molecule has 0 N–H and O–H groups in total. The smallest absolute Gasteiger partial charge is 0.297 e. The topological polar surface area (TPSA) is 35.5 Å². The molecule has 0 aliphatic heterocycles.